The molecule has 2 atom stereocenters. The third kappa shape index (κ3) is 2.13. The molecule has 20 heavy (non-hydrogen) atoms. The number of ether oxygens (including phenoxy) is 1. The zero-order valence-corrected chi connectivity index (χ0v) is 12.4. The number of nitrogens with zero attached hydrogens (tertiary/aromatic N) is 1. The van der Waals surface area contributed by atoms with E-state index in [-0.39, 0.29) is 16.0 Å². The SMILES string of the molecule is CCOC1CC(Nc2cn[nH]c(=O)c2Cl)C12CCCC2. The van der Waals surface area contributed by atoms with E-state index in [0.717, 1.165) is 13.0 Å². The highest BCUT2D eigenvalue weighted by atomic mass is 35.5. The van der Waals surface area contributed by atoms with Crippen LogP contribution in [0.4, 0.5) is 5.69 Å². The third-order valence-electron chi connectivity index (χ3n) is 4.81. The molecule has 0 aliphatic heterocycles. The molecule has 2 fully saturated rings. The molecule has 0 saturated heterocycles. The molecule has 1 heterocycles. The van der Waals surface area contributed by atoms with Crippen LogP contribution in [0.15, 0.2) is 11.0 Å². The maximum Gasteiger partial charge on any atom is 0.285 e. The van der Waals surface area contributed by atoms with Crippen molar-refractivity contribution < 1.29 is 4.74 Å². The Kier molecular flexibility index (Phi) is 3.73. The molecule has 2 unspecified atom stereocenters. The average molecular weight is 298 g/mol. The molecule has 1 aromatic rings. The first kappa shape index (κ1) is 13.9. The first-order valence-corrected chi connectivity index (χ1v) is 7.66. The van der Waals surface area contributed by atoms with Gasteiger partial charge in [-0.1, -0.05) is 24.4 Å². The first-order chi connectivity index (χ1) is 9.67. The van der Waals surface area contributed by atoms with Gasteiger partial charge in [-0.25, -0.2) is 5.10 Å². The molecule has 6 heteroatoms. The summed E-state index contributed by atoms with van der Waals surface area (Å²) in [6.07, 6.45) is 7.76. The summed E-state index contributed by atoms with van der Waals surface area (Å²) in [6.45, 7) is 2.80. The summed E-state index contributed by atoms with van der Waals surface area (Å²) >= 11 is 6.03. The lowest BCUT2D eigenvalue weighted by Crippen LogP contribution is -2.60. The summed E-state index contributed by atoms with van der Waals surface area (Å²) in [5.74, 6) is 0. The molecule has 0 amide bonds. The van der Waals surface area contributed by atoms with Gasteiger partial charge in [0.25, 0.3) is 5.56 Å². The minimum Gasteiger partial charge on any atom is -0.379 e. The van der Waals surface area contributed by atoms with E-state index in [1.165, 1.54) is 25.7 Å². The van der Waals surface area contributed by atoms with E-state index in [1.54, 1.807) is 6.20 Å². The molecule has 110 valence electrons. The minimum absolute atomic E-state index is 0.188. The zero-order valence-electron chi connectivity index (χ0n) is 11.6. The van der Waals surface area contributed by atoms with Gasteiger partial charge in [0, 0.05) is 18.1 Å². The maximum atomic E-state index is 11.5. The van der Waals surface area contributed by atoms with E-state index in [0.29, 0.717) is 17.8 Å². The molecule has 2 N–H and O–H groups in total. The van der Waals surface area contributed by atoms with Gasteiger partial charge in [0.1, 0.15) is 5.02 Å². The first-order valence-electron chi connectivity index (χ1n) is 7.28. The van der Waals surface area contributed by atoms with Gasteiger partial charge < -0.3 is 10.1 Å². The smallest absolute Gasteiger partial charge is 0.285 e. The predicted molar refractivity (Wildman–Crippen MR) is 78.2 cm³/mol. The van der Waals surface area contributed by atoms with Crippen LogP contribution in [-0.2, 0) is 4.74 Å². The van der Waals surface area contributed by atoms with Crippen LogP contribution in [0.1, 0.15) is 39.0 Å². The van der Waals surface area contributed by atoms with Crippen LogP contribution in [0.25, 0.3) is 0 Å². The minimum atomic E-state index is -0.349. The van der Waals surface area contributed by atoms with Crippen LogP contribution in [-0.4, -0.2) is 29.0 Å². The summed E-state index contributed by atoms with van der Waals surface area (Å²) in [4.78, 5) is 11.5. The lowest BCUT2D eigenvalue weighted by molar-refractivity contribution is -0.114. The lowest BCUT2D eigenvalue weighted by atomic mass is 9.60. The fraction of sp³-hybridized carbons (Fsp3) is 0.714. The summed E-state index contributed by atoms with van der Waals surface area (Å²) in [6, 6.07) is 0.322. The number of rotatable bonds is 4. The van der Waals surface area contributed by atoms with E-state index in [4.69, 9.17) is 16.3 Å². The molecule has 2 saturated carbocycles. The zero-order chi connectivity index (χ0) is 14.2. The molecule has 1 aromatic heterocycles. The van der Waals surface area contributed by atoms with Crippen molar-refractivity contribution in [3.63, 3.8) is 0 Å². The van der Waals surface area contributed by atoms with E-state index < -0.39 is 0 Å². The standard InChI is InChI=1S/C14H20ClN3O2/c1-2-20-11-7-10(14(11)5-3-4-6-14)17-9-8-16-18-13(19)12(9)15/h8,10-11H,2-7H2,1H3,(H2,17,18,19). The van der Waals surface area contributed by atoms with Crippen molar-refractivity contribution in [1.82, 2.24) is 10.2 Å². The molecule has 2 aliphatic carbocycles. The van der Waals surface area contributed by atoms with Gasteiger partial charge in [0.05, 0.1) is 18.0 Å². The van der Waals surface area contributed by atoms with Crippen molar-refractivity contribution in [2.45, 2.75) is 51.2 Å². The Morgan fingerprint density at radius 2 is 2.30 bits per heavy atom. The van der Waals surface area contributed by atoms with E-state index >= 15 is 0 Å². The monoisotopic (exact) mass is 297 g/mol. The molecular weight excluding hydrogens is 278 g/mol. The molecule has 2 aliphatic rings. The van der Waals surface area contributed by atoms with Crippen molar-refractivity contribution in [2.24, 2.45) is 5.41 Å². The van der Waals surface area contributed by atoms with E-state index in [2.05, 4.69) is 15.5 Å². The Morgan fingerprint density at radius 1 is 1.55 bits per heavy atom. The normalized spacial score (nSPS) is 27.5. The Bertz CT molecular complexity index is 539. The highest BCUT2D eigenvalue weighted by Crippen LogP contribution is 2.55. The Hall–Kier alpha value is -1.07. The topological polar surface area (TPSA) is 67.0 Å². The maximum absolute atomic E-state index is 11.5. The van der Waals surface area contributed by atoms with Gasteiger partial charge in [-0.2, -0.15) is 5.10 Å². The Balaban J connectivity index is 1.78. The number of aromatic nitrogens is 2. The summed E-state index contributed by atoms with van der Waals surface area (Å²) in [7, 11) is 0. The second kappa shape index (κ2) is 5.37. The second-order valence-corrected chi connectivity index (χ2v) is 6.12. The molecule has 0 aromatic carbocycles. The van der Waals surface area contributed by atoms with Crippen molar-refractivity contribution in [3.05, 3.63) is 21.6 Å². The van der Waals surface area contributed by atoms with Crippen LogP contribution in [0.2, 0.25) is 5.02 Å². The highest BCUT2D eigenvalue weighted by molar-refractivity contribution is 6.32. The summed E-state index contributed by atoms with van der Waals surface area (Å²) in [5, 5.41) is 9.75. The van der Waals surface area contributed by atoms with Gasteiger partial charge in [-0.05, 0) is 26.2 Å². The molecule has 1 spiro atoms. The van der Waals surface area contributed by atoms with Crippen molar-refractivity contribution in [1.29, 1.82) is 0 Å². The van der Waals surface area contributed by atoms with E-state index in [1.807, 2.05) is 6.92 Å². The van der Waals surface area contributed by atoms with Gasteiger partial charge in [0.2, 0.25) is 0 Å². The van der Waals surface area contributed by atoms with Crippen molar-refractivity contribution in [3.8, 4) is 0 Å². The predicted octanol–water partition coefficient (Wildman–Crippen LogP) is 2.57. The number of anilines is 1. The van der Waals surface area contributed by atoms with Crippen molar-refractivity contribution in [2.75, 3.05) is 11.9 Å². The van der Waals surface area contributed by atoms with Crippen LogP contribution in [0.3, 0.4) is 0 Å². The number of halogens is 1. The van der Waals surface area contributed by atoms with Crippen LogP contribution >= 0.6 is 11.6 Å². The van der Waals surface area contributed by atoms with Crippen molar-refractivity contribution >= 4 is 17.3 Å². The average Bonchev–Trinajstić information content (AvgIpc) is 2.95. The van der Waals surface area contributed by atoms with Crippen LogP contribution in [0, 0.1) is 5.41 Å². The lowest BCUT2D eigenvalue weighted by Gasteiger charge is -2.54. The van der Waals surface area contributed by atoms with Crippen LogP contribution < -0.4 is 10.9 Å². The number of hydrogen-bond donors (Lipinski definition) is 2. The number of aromatic amines is 1. The van der Waals surface area contributed by atoms with E-state index in [9.17, 15) is 4.79 Å². The molecule has 0 bridgehead atoms. The van der Waals surface area contributed by atoms with Gasteiger partial charge in [-0.3, -0.25) is 4.79 Å². The number of hydrogen-bond acceptors (Lipinski definition) is 4. The number of H-pyrrole nitrogens is 1. The third-order valence-corrected chi connectivity index (χ3v) is 5.19. The molecule has 5 nitrogen and oxygen atoms in total. The quantitative estimate of drug-likeness (QED) is 0.896. The molecular formula is C14H20ClN3O2. The summed E-state index contributed by atoms with van der Waals surface area (Å²) < 4.78 is 5.88. The second-order valence-electron chi connectivity index (χ2n) is 5.74. The number of nitrogens with one attached hydrogen (secondary N) is 2. The van der Waals surface area contributed by atoms with Gasteiger partial charge in [-0.15, -0.1) is 0 Å². The molecule has 3 rings (SSSR count). The Morgan fingerprint density at radius 3 is 3.00 bits per heavy atom. The fourth-order valence-electron chi connectivity index (χ4n) is 3.76. The van der Waals surface area contributed by atoms with Crippen LogP contribution in [0.5, 0.6) is 0 Å². The van der Waals surface area contributed by atoms with Gasteiger partial charge in [0.15, 0.2) is 0 Å². The largest absolute Gasteiger partial charge is 0.379 e. The fourth-order valence-corrected chi connectivity index (χ4v) is 3.91. The molecule has 0 radical (unpaired) electrons. The highest BCUT2D eigenvalue weighted by Gasteiger charge is 2.56. The van der Waals surface area contributed by atoms with Gasteiger partial charge >= 0.3 is 0 Å². The Labute approximate surface area is 123 Å². The summed E-state index contributed by atoms with van der Waals surface area (Å²) in [5.41, 5.74) is 0.488.